The lowest BCUT2D eigenvalue weighted by atomic mass is 10.2. The summed E-state index contributed by atoms with van der Waals surface area (Å²) >= 11 is 1.61. The van der Waals surface area contributed by atoms with Crippen LogP contribution in [-0.4, -0.2) is 48.5 Å². The largest absolute Gasteiger partial charge is 0.313 e. The summed E-state index contributed by atoms with van der Waals surface area (Å²) in [5.74, 6) is 0.679. The summed E-state index contributed by atoms with van der Waals surface area (Å²) in [7, 11) is 4.08. The molecule has 0 atom stereocenters. The van der Waals surface area contributed by atoms with Crippen LogP contribution in [0.4, 0.5) is 10.9 Å². The molecular formula is C15H16N8S. The van der Waals surface area contributed by atoms with E-state index in [4.69, 9.17) is 0 Å². The summed E-state index contributed by atoms with van der Waals surface area (Å²) in [4.78, 5) is 16.7. The molecule has 0 saturated carbocycles. The van der Waals surface area contributed by atoms with Crippen LogP contribution in [0.3, 0.4) is 0 Å². The number of rotatable bonds is 5. The van der Waals surface area contributed by atoms with E-state index in [0.717, 1.165) is 28.6 Å². The van der Waals surface area contributed by atoms with Gasteiger partial charge in [-0.2, -0.15) is 5.10 Å². The van der Waals surface area contributed by atoms with E-state index >= 15 is 0 Å². The minimum Gasteiger partial charge on any atom is -0.313 e. The van der Waals surface area contributed by atoms with E-state index in [1.54, 1.807) is 29.9 Å². The zero-order valence-electron chi connectivity index (χ0n) is 13.3. The summed E-state index contributed by atoms with van der Waals surface area (Å²) < 4.78 is 1.98. The van der Waals surface area contributed by atoms with Crippen LogP contribution in [0.15, 0.2) is 37.2 Å². The van der Waals surface area contributed by atoms with Crippen LogP contribution in [0.1, 0.15) is 4.88 Å². The van der Waals surface area contributed by atoms with Crippen molar-refractivity contribution in [1.82, 2.24) is 34.4 Å². The van der Waals surface area contributed by atoms with E-state index in [2.05, 4.69) is 35.4 Å². The molecule has 0 aliphatic heterocycles. The number of nitrogens with one attached hydrogen (secondary N) is 2. The van der Waals surface area contributed by atoms with Gasteiger partial charge in [-0.15, -0.1) is 11.3 Å². The van der Waals surface area contributed by atoms with Crippen molar-refractivity contribution < 1.29 is 0 Å². The van der Waals surface area contributed by atoms with Crippen LogP contribution < -0.4 is 5.32 Å². The number of aromatic amines is 1. The topological polar surface area (TPSA) is 87.0 Å². The monoisotopic (exact) mass is 340 g/mol. The second-order valence-electron chi connectivity index (χ2n) is 5.59. The molecule has 0 spiro atoms. The highest BCUT2D eigenvalue weighted by molar-refractivity contribution is 7.15. The molecule has 0 aromatic carbocycles. The molecular weight excluding hydrogens is 324 g/mol. The van der Waals surface area contributed by atoms with E-state index in [-0.39, 0.29) is 0 Å². The normalized spacial score (nSPS) is 11.5. The van der Waals surface area contributed by atoms with Crippen molar-refractivity contribution in [3.8, 4) is 11.3 Å². The third kappa shape index (κ3) is 2.74. The minimum atomic E-state index is 0.679. The van der Waals surface area contributed by atoms with Gasteiger partial charge in [0.15, 0.2) is 16.6 Å². The molecule has 0 unspecified atom stereocenters. The number of thiazole rings is 1. The molecule has 4 aromatic rings. The minimum absolute atomic E-state index is 0.679. The van der Waals surface area contributed by atoms with Gasteiger partial charge in [0.05, 0.1) is 18.1 Å². The molecule has 0 radical (unpaired) electrons. The average Bonchev–Trinajstić information content (AvgIpc) is 3.28. The van der Waals surface area contributed by atoms with Crippen LogP contribution >= 0.6 is 11.3 Å². The second-order valence-corrected chi connectivity index (χ2v) is 6.71. The Morgan fingerprint density at radius 1 is 1.21 bits per heavy atom. The number of imidazole rings is 1. The number of hydrogen-bond donors (Lipinski definition) is 2. The van der Waals surface area contributed by atoms with Gasteiger partial charge in [0.25, 0.3) is 0 Å². The van der Waals surface area contributed by atoms with Crippen molar-refractivity contribution in [1.29, 1.82) is 0 Å². The van der Waals surface area contributed by atoms with Gasteiger partial charge >= 0.3 is 0 Å². The Morgan fingerprint density at radius 3 is 2.92 bits per heavy atom. The van der Waals surface area contributed by atoms with Gasteiger partial charge in [-0.05, 0) is 14.1 Å². The first kappa shape index (κ1) is 14.8. The lowest BCUT2D eigenvalue weighted by Gasteiger charge is -2.08. The fourth-order valence-electron chi connectivity index (χ4n) is 2.46. The standard InChI is InChI=1S/C15H16N8S/c1-22(2)9-11-7-18-15(24-11)21-13-14-16-3-4-23(14)12(8-17-13)10-5-19-20-6-10/h3-8H,9H2,1-2H3,(H,19,20)(H,17,18,21). The number of fused-ring (bicyclic) bond motifs is 1. The van der Waals surface area contributed by atoms with Gasteiger partial charge in [0, 0.05) is 41.8 Å². The molecule has 4 rings (SSSR count). The Hall–Kier alpha value is -2.78. The van der Waals surface area contributed by atoms with E-state index in [1.165, 1.54) is 4.88 Å². The van der Waals surface area contributed by atoms with Crippen LogP contribution in [0.2, 0.25) is 0 Å². The SMILES string of the molecule is CN(C)Cc1cnc(Nc2ncc(-c3cn[nH]c3)n3ccnc23)s1. The second kappa shape index (κ2) is 6.02. The predicted octanol–water partition coefficient (Wildman–Crippen LogP) is 2.38. The number of nitrogens with zero attached hydrogens (tertiary/aromatic N) is 6. The molecule has 8 nitrogen and oxygen atoms in total. The van der Waals surface area contributed by atoms with Gasteiger partial charge in [-0.1, -0.05) is 0 Å². The molecule has 4 heterocycles. The lowest BCUT2D eigenvalue weighted by Crippen LogP contribution is -2.09. The summed E-state index contributed by atoms with van der Waals surface area (Å²) in [5, 5.41) is 10.9. The molecule has 0 bridgehead atoms. The third-order valence-corrected chi connectivity index (χ3v) is 4.37. The summed E-state index contributed by atoms with van der Waals surface area (Å²) in [6.07, 6.45) is 10.9. The van der Waals surface area contributed by atoms with Crippen LogP contribution in [0, 0.1) is 0 Å². The summed E-state index contributed by atoms with van der Waals surface area (Å²) in [6, 6.07) is 0. The van der Waals surface area contributed by atoms with Crippen molar-refractivity contribution in [3.05, 3.63) is 42.1 Å². The number of H-pyrrole nitrogens is 1. The highest BCUT2D eigenvalue weighted by Crippen LogP contribution is 2.26. The molecule has 0 amide bonds. The smallest absolute Gasteiger partial charge is 0.188 e. The van der Waals surface area contributed by atoms with Crippen LogP contribution in [0.5, 0.6) is 0 Å². The Morgan fingerprint density at radius 2 is 2.12 bits per heavy atom. The quantitative estimate of drug-likeness (QED) is 0.580. The van der Waals surface area contributed by atoms with Crippen molar-refractivity contribution >= 4 is 27.9 Å². The highest BCUT2D eigenvalue weighted by Gasteiger charge is 2.12. The van der Waals surface area contributed by atoms with E-state index in [9.17, 15) is 0 Å². The molecule has 24 heavy (non-hydrogen) atoms. The zero-order chi connectivity index (χ0) is 16.5. The van der Waals surface area contributed by atoms with Gasteiger partial charge in [0.1, 0.15) is 0 Å². The highest BCUT2D eigenvalue weighted by atomic mass is 32.1. The third-order valence-electron chi connectivity index (χ3n) is 3.47. The average molecular weight is 340 g/mol. The van der Waals surface area contributed by atoms with Crippen LogP contribution in [-0.2, 0) is 6.54 Å². The molecule has 0 fully saturated rings. The maximum atomic E-state index is 4.52. The van der Waals surface area contributed by atoms with Crippen molar-refractivity contribution in [2.75, 3.05) is 19.4 Å². The Balaban J connectivity index is 1.67. The van der Waals surface area contributed by atoms with Crippen molar-refractivity contribution in [2.45, 2.75) is 6.54 Å². The molecule has 9 heteroatoms. The zero-order valence-corrected chi connectivity index (χ0v) is 14.1. The van der Waals surface area contributed by atoms with Gasteiger partial charge in [-0.3, -0.25) is 9.50 Å². The maximum Gasteiger partial charge on any atom is 0.188 e. The van der Waals surface area contributed by atoms with E-state index in [1.807, 2.05) is 37.1 Å². The first-order valence-corrected chi connectivity index (χ1v) is 8.20. The number of aromatic nitrogens is 6. The number of hydrogen-bond acceptors (Lipinski definition) is 7. The van der Waals surface area contributed by atoms with E-state index in [0.29, 0.717) is 5.82 Å². The molecule has 122 valence electrons. The lowest BCUT2D eigenvalue weighted by molar-refractivity contribution is 0.406. The summed E-state index contributed by atoms with van der Waals surface area (Å²) in [5.41, 5.74) is 2.63. The maximum absolute atomic E-state index is 4.52. The van der Waals surface area contributed by atoms with E-state index < -0.39 is 0 Å². The summed E-state index contributed by atoms with van der Waals surface area (Å²) in [6.45, 7) is 0.866. The fourth-order valence-corrected chi connectivity index (χ4v) is 3.39. The molecule has 2 N–H and O–H groups in total. The fraction of sp³-hybridized carbons (Fsp3) is 0.200. The van der Waals surface area contributed by atoms with Gasteiger partial charge < -0.3 is 10.2 Å². The number of anilines is 2. The Labute approximate surface area is 142 Å². The first-order valence-electron chi connectivity index (χ1n) is 7.38. The first-order chi connectivity index (χ1) is 11.7. The Kier molecular flexibility index (Phi) is 3.71. The molecule has 0 saturated heterocycles. The molecule has 0 aliphatic rings. The Bertz CT molecular complexity index is 953. The molecule has 4 aromatic heterocycles. The van der Waals surface area contributed by atoms with Gasteiger partial charge in [-0.25, -0.2) is 15.0 Å². The van der Waals surface area contributed by atoms with Crippen molar-refractivity contribution in [3.63, 3.8) is 0 Å². The van der Waals surface area contributed by atoms with Crippen molar-refractivity contribution in [2.24, 2.45) is 0 Å². The molecule has 0 aliphatic carbocycles. The van der Waals surface area contributed by atoms with Crippen LogP contribution in [0.25, 0.3) is 16.9 Å². The van der Waals surface area contributed by atoms with Gasteiger partial charge in [0.2, 0.25) is 0 Å². The predicted molar refractivity (Wildman–Crippen MR) is 93.4 cm³/mol.